The maximum Gasteiger partial charge on any atom is 0.234 e. The van der Waals surface area contributed by atoms with Crippen LogP contribution in [0.5, 0.6) is 5.75 Å². The van der Waals surface area contributed by atoms with Gasteiger partial charge in [-0.1, -0.05) is 30.3 Å². The molecule has 0 spiro atoms. The van der Waals surface area contributed by atoms with Crippen molar-refractivity contribution in [1.82, 2.24) is 5.32 Å². The second-order valence-corrected chi connectivity index (χ2v) is 5.74. The molecule has 0 saturated heterocycles. The van der Waals surface area contributed by atoms with Gasteiger partial charge in [-0.15, -0.1) is 0 Å². The van der Waals surface area contributed by atoms with Crippen LogP contribution in [0.3, 0.4) is 0 Å². The van der Waals surface area contributed by atoms with Crippen LogP contribution < -0.4 is 15.0 Å². The van der Waals surface area contributed by atoms with Gasteiger partial charge in [-0.2, -0.15) is 0 Å². The molecule has 1 aliphatic rings. The van der Waals surface area contributed by atoms with Crippen LogP contribution >= 0.6 is 0 Å². The highest BCUT2D eigenvalue weighted by Crippen LogP contribution is 2.39. The molecule has 0 radical (unpaired) electrons. The molecule has 0 aliphatic carbocycles. The fourth-order valence-corrected chi connectivity index (χ4v) is 3.11. The molecule has 1 unspecified atom stereocenters. The molecule has 1 heterocycles. The number of amides is 2. The summed E-state index contributed by atoms with van der Waals surface area (Å²) in [6.07, 6.45) is 1.27. The van der Waals surface area contributed by atoms with Gasteiger partial charge in [-0.3, -0.25) is 9.59 Å². The van der Waals surface area contributed by atoms with Crippen molar-refractivity contribution in [2.75, 3.05) is 18.6 Å². The lowest BCUT2D eigenvalue weighted by Gasteiger charge is -2.18. The Kier molecular flexibility index (Phi) is 4.79. The van der Waals surface area contributed by atoms with Gasteiger partial charge in [0.05, 0.1) is 19.6 Å². The maximum atomic E-state index is 12.9. The highest BCUT2D eigenvalue weighted by molar-refractivity contribution is 6.04. The van der Waals surface area contributed by atoms with Crippen LogP contribution in [0.25, 0.3) is 0 Å². The van der Waals surface area contributed by atoms with Crippen LogP contribution in [-0.4, -0.2) is 26.0 Å². The Bertz CT molecular complexity index is 728. The normalized spacial score (nSPS) is 16.0. The van der Waals surface area contributed by atoms with Crippen LogP contribution in [0.15, 0.2) is 48.5 Å². The molecule has 5 nitrogen and oxygen atoms in total. The minimum Gasteiger partial charge on any atom is -0.497 e. The fraction of sp³-hybridized carbons (Fsp3) is 0.263. The number of carbonyl (C=O) groups is 2. The van der Waals surface area contributed by atoms with Gasteiger partial charge in [-0.05, 0) is 35.7 Å². The van der Waals surface area contributed by atoms with E-state index in [4.69, 9.17) is 4.74 Å². The van der Waals surface area contributed by atoms with Crippen molar-refractivity contribution in [3.63, 3.8) is 0 Å². The first-order valence-electron chi connectivity index (χ1n) is 7.95. The van der Waals surface area contributed by atoms with Gasteiger partial charge >= 0.3 is 0 Å². The van der Waals surface area contributed by atoms with Crippen LogP contribution in [0, 0.1) is 0 Å². The van der Waals surface area contributed by atoms with E-state index in [2.05, 4.69) is 5.32 Å². The second-order valence-electron chi connectivity index (χ2n) is 5.74. The molecule has 1 aliphatic heterocycles. The average Bonchev–Trinajstić information content (AvgIpc) is 2.88. The molecule has 2 aromatic carbocycles. The number of carbonyl (C=O) groups excluding carboxylic acids is 2. The Morgan fingerprint density at radius 1 is 1.17 bits per heavy atom. The summed E-state index contributed by atoms with van der Waals surface area (Å²) in [6.45, 7) is 1.02. The standard InChI is InChI=1S/C19H20N2O3/c1-24-15-8-6-14(7-9-15)12-21-18-5-3-2-4-16(18)17(19(21)23)10-11-20-13-22/h2-9,13,17H,10-12H2,1H3,(H,20,22). The maximum absolute atomic E-state index is 12.9. The first kappa shape index (κ1) is 16.1. The van der Waals surface area contributed by atoms with E-state index in [0.29, 0.717) is 25.9 Å². The summed E-state index contributed by atoms with van der Waals surface area (Å²) >= 11 is 0. The lowest BCUT2D eigenvalue weighted by atomic mass is 9.97. The van der Waals surface area contributed by atoms with E-state index in [1.165, 1.54) is 0 Å². The fourth-order valence-electron chi connectivity index (χ4n) is 3.11. The second kappa shape index (κ2) is 7.17. The van der Waals surface area contributed by atoms with Crippen LogP contribution in [0.2, 0.25) is 0 Å². The van der Waals surface area contributed by atoms with Gasteiger partial charge in [0.1, 0.15) is 5.75 Å². The van der Waals surface area contributed by atoms with Crippen molar-refractivity contribution in [2.24, 2.45) is 0 Å². The number of methoxy groups -OCH3 is 1. The Morgan fingerprint density at radius 3 is 2.62 bits per heavy atom. The summed E-state index contributed by atoms with van der Waals surface area (Å²) in [4.78, 5) is 25.1. The van der Waals surface area contributed by atoms with Gasteiger partial charge in [0.15, 0.2) is 0 Å². The van der Waals surface area contributed by atoms with Crippen molar-refractivity contribution in [3.05, 3.63) is 59.7 Å². The Morgan fingerprint density at radius 2 is 1.92 bits per heavy atom. The lowest BCUT2D eigenvalue weighted by molar-refractivity contribution is -0.119. The first-order chi connectivity index (χ1) is 11.7. The quantitative estimate of drug-likeness (QED) is 0.629. The molecular formula is C19H20N2O3. The number of nitrogens with one attached hydrogen (secondary N) is 1. The largest absolute Gasteiger partial charge is 0.497 e. The molecule has 2 aromatic rings. The number of anilines is 1. The van der Waals surface area contributed by atoms with E-state index < -0.39 is 0 Å². The van der Waals surface area contributed by atoms with Gasteiger partial charge in [0.25, 0.3) is 0 Å². The topological polar surface area (TPSA) is 58.6 Å². The Labute approximate surface area is 141 Å². The number of ether oxygens (including phenoxy) is 1. The van der Waals surface area contributed by atoms with E-state index in [0.717, 1.165) is 22.6 Å². The average molecular weight is 324 g/mol. The molecule has 124 valence electrons. The van der Waals surface area contributed by atoms with Crippen LogP contribution in [-0.2, 0) is 16.1 Å². The Hall–Kier alpha value is -2.82. The van der Waals surface area contributed by atoms with Crippen molar-refractivity contribution in [3.8, 4) is 5.75 Å². The molecule has 0 saturated carbocycles. The predicted octanol–water partition coefficient (Wildman–Crippen LogP) is 2.46. The highest BCUT2D eigenvalue weighted by atomic mass is 16.5. The third-order valence-electron chi connectivity index (χ3n) is 4.33. The van der Waals surface area contributed by atoms with Crippen molar-refractivity contribution in [2.45, 2.75) is 18.9 Å². The number of hydrogen-bond acceptors (Lipinski definition) is 3. The summed E-state index contributed by atoms with van der Waals surface area (Å²) in [5, 5.41) is 2.64. The molecule has 3 rings (SSSR count). The first-order valence-corrected chi connectivity index (χ1v) is 7.95. The molecule has 0 bridgehead atoms. The molecule has 24 heavy (non-hydrogen) atoms. The molecule has 2 amide bonds. The lowest BCUT2D eigenvalue weighted by Crippen LogP contribution is -2.29. The van der Waals surface area contributed by atoms with Crippen molar-refractivity contribution >= 4 is 18.0 Å². The van der Waals surface area contributed by atoms with Gasteiger partial charge in [0.2, 0.25) is 12.3 Å². The van der Waals surface area contributed by atoms with E-state index in [9.17, 15) is 9.59 Å². The summed E-state index contributed by atoms with van der Waals surface area (Å²) in [6, 6.07) is 15.6. The number of fused-ring (bicyclic) bond motifs is 1. The SMILES string of the molecule is COc1ccc(CN2C(=O)C(CCNC=O)c3ccccc32)cc1. The monoisotopic (exact) mass is 324 g/mol. The third kappa shape index (κ3) is 3.11. The summed E-state index contributed by atoms with van der Waals surface area (Å²) in [5.41, 5.74) is 3.03. The zero-order chi connectivity index (χ0) is 16.9. The van der Waals surface area contributed by atoms with E-state index in [1.54, 1.807) is 7.11 Å². The zero-order valence-electron chi connectivity index (χ0n) is 13.6. The molecule has 0 aromatic heterocycles. The molecular weight excluding hydrogens is 304 g/mol. The Balaban J connectivity index is 1.82. The number of rotatable bonds is 7. The number of para-hydroxylation sites is 1. The van der Waals surface area contributed by atoms with Gasteiger partial charge in [-0.25, -0.2) is 0 Å². The minimum absolute atomic E-state index is 0.0831. The molecule has 1 atom stereocenters. The van der Waals surface area contributed by atoms with Gasteiger partial charge < -0.3 is 15.0 Å². The van der Waals surface area contributed by atoms with Crippen molar-refractivity contribution in [1.29, 1.82) is 0 Å². The summed E-state index contributed by atoms with van der Waals surface area (Å²) in [5.74, 6) is 0.677. The van der Waals surface area contributed by atoms with Crippen LogP contribution in [0.1, 0.15) is 23.5 Å². The number of nitrogens with zero attached hydrogens (tertiary/aromatic N) is 1. The molecule has 5 heteroatoms. The zero-order valence-corrected chi connectivity index (χ0v) is 13.6. The highest BCUT2D eigenvalue weighted by Gasteiger charge is 2.36. The summed E-state index contributed by atoms with van der Waals surface area (Å²) in [7, 11) is 1.63. The molecule has 0 fully saturated rings. The van der Waals surface area contributed by atoms with Crippen molar-refractivity contribution < 1.29 is 14.3 Å². The smallest absolute Gasteiger partial charge is 0.234 e. The van der Waals surface area contributed by atoms with E-state index >= 15 is 0 Å². The number of hydrogen-bond donors (Lipinski definition) is 1. The summed E-state index contributed by atoms with van der Waals surface area (Å²) < 4.78 is 5.17. The predicted molar refractivity (Wildman–Crippen MR) is 92.1 cm³/mol. The minimum atomic E-state index is -0.202. The van der Waals surface area contributed by atoms with E-state index in [1.807, 2.05) is 53.4 Å². The third-order valence-corrected chi connectivity index (χ3v) is 4.33. The van der Waals surface area contributed by atoms with Crippen LogP contribution in [0.4, 0.5) is 5.69 Å². The van der Waals surface area contributed by atoms with Gasteiger partial charge in [0, 0.05) is 12.2 Å². The number of benzene rings is 2. The van der Waals surface area contributed by atoms with E-state index in [-0.39, 0.29) is 11.8 Å². The molecule has 1 N–H and O–H groups in total.